The molecule has 0 fully saturated rings. The molecular formula is C20H24Cl2N2O4S. The number of hydrogen-bond donors (Lipinski definition) is 1. The summed E-state index contributed by atoms with van der Waals surface area (Å²) in [5, 5.41) is 2.92. The summed E-state index contributed by atoms with van der Waals surface area (Å²) in [6, 6.07) is 12.4. The van der Waals surface area contributed by atoms with E-state index in [1.165, 1.54) is 11.6 Å². The maximum absolute atomic E-state index is 12.2. The Kier molecular flexibility index (Phi) is 8.61. The Morgan fingerprint density at radius 3 is 2.45 bits per heavy atom. The van der Waals surface area contributed by atoms with Crippen LogP contribution in [0.3, 0.4) is 0 Å². The van der Waals surface area contributed by atoms with Crippen molar-refractivity contribution in [3.8, 4) is 5.75 Å². The molecule has 0 saturated heterocycles. The maximum atomic E-state index is 12.2. The molecule has 0 bridgehead atoms. The van der Waals surface area contributed by atoms with E-state index >= 15 is 0 Å². The lowest BCUT2D eigenvalue weighted by Gasteiger charge is -2.23. The summed E-state index contributed by atoms with van der Waals surface area (Å²) >= 11 is 12.1. The van der Waals surface area contributed by atoms with Crippen LogP contribution in [-0.4, -0.2) is 40.3 Å². The second kappa shape index (κ2) is 10.7. The predicted octanol–water partition coefficient (Wildman–Crippen LogP) is 3.91. The van der Waals surface area contributed by atoms with Crippen molar-refractivity contribution < 1.29 is 17.9 Å². The molecule has 0 saturated carbocycles. The van der Waals surface area contributed by atoms with Gasteiger partial charge in [0.05, 0.1) is 28.5 Å². The van der Waals surface area contributed by atoms with Crippen LogP contribution in [-0.2, 0) is 21.2 Å². The Balaban J connectivity index is 1.89. The molecule has 2 aromatic carbocycles. The third-order valence-corrected chi connectivity index (χ3v) is 5.98. The first kappa shape index (κ1) is 23.3. The number of nitrogens with zero attached hydrogens (tertiary/aromatic N) is 1. The number of anilines is 1. The average molecular weight is 459 g/mol. The normalized spacial score (nSPS) is 11.2. The lowest BCUT2D eigenvalue weighted by Crippen LogP contribution is -2.41. The molecular weight excluding hydrogens is 435 g/mol. The minimum absolute atomic E-state index is 0.0715. The van der Waals surface area contributed by atoms with Crippen molar-refractivity contribution in [3.63, 3.8) is 0 Å². The quantitative estimate of drug-likeness (QED) is 0.547. The van der Waals surface area contributed by atoms with Gasteiger partial charge in [-0.15, -0.1) is 0 Å². The van der Waals surface area contributed by atoms with E-state index in [4.69, 9.17) is 27.9 Å². The number of aryl methyl sites for hydroxylation is 1. The van der Waals surface area contributed by atoms with Crippen molar-refractivity contribution in [1.82, 2.24) is 5.32 Å². The zero-order valence-corrected chi connectivity index (χ0v) is 18.6. The highest BCUT2D eigenvalue weighted by molar-refractivity contribution is 7.92. The number of halogens is 2. The zero-order chi connectivity index (χ0) is 21.4. The van der Waals surface area contributed by atoms with Crippen molar-refractivity contribution in [3.05, 3.63) is 58.1 Å². The molecule has 158 valence electrons. The van der Waals surface area contributed by atoms with Gasteiger partial charge >= 0.3 is 0 Å². The number of amides is 1. The summed E-state index contributed by atoms with van der Waals surface area (Å²) in [6.45, 7) is 2.20. The van der Waals surface area contributed by atoms with E-state index in [0.717, 1.165) is 23.4 Å². The summed E-state index contributed by atoms with van der Waals surface area (Å²) in [5.74, 6) is 0.232. The Bertz CT molecular complexity index is 934. The first-order valence-corrected chi connectivity index (χ1v) is 11.7. The van der Waals surface area contributed by atoms with E-state index in [2.05, 4.69) is 12.2 Å². The molecule has 1 N–H and O–H groups in total. The SMILES string of the molecule is CCCc1ccc(OCCNC(=O)CN(c2cccc(Cl)c2Cl)S(C)(=O)=O)cc1. The van der Waals surface area contributed by atoms with E-state index in [1.807, 2.05) is 24.3 Å². The van der Waals surface area contributed by atoms with Crippen molar-refractivity contribution in [2.45, 2.75) is 19.8 Å². The number of carbonyl (C=O) groups excluding carboxylic acids is 1. The van der Waals surface area contributed by atoms with Crippen molar-refractivity contribution >= 4 is 44.8 Å². The number of hydrogen-bond acceptors (Lipinski definition) is 4. The van der Waals surface area contributed by atoms with Crippen molar-refractivity contribution in [2.75, 3.05) is 30.3 Å². The Morgan fingerprint density at radius 1 is 1.14 bits per heavy atom. The molecule has 9 heteroatoms. The van der Waals surface area contributed by atoms with Gasteiger partial charge in [-0.25, -0.2) is 8.42 Å². The first-order chi connectivity index (χ1) is 13.7. The summed E-state index contributed by atoms with van der Waals surface area (Å²) < 4.78 is 30.8. The van der Waals surface area contributed by atoms with Crippen LogP contribution in [0.5, 0.6) is 5.75 Å². The summed E-state index contributed by atoms with van der Waals surface area (Å²) in [5.41, 5.74) is 1.40. The molecule has 0 aliphatic rings. The molecule has 0 unspecified atom stereocenters. The van der Waals surface area contributed by atoms with Crippen LogP contribution >= 0.6 is 23.2 Å². The van der Waals surface area contributed by atoms with Crippen LogP contribution in [0.25, 0.3) is 0 Å². The molecule has 0 heterocycles. The van der Waals surface area contributed by atoms with Gasteiger partial charge in [0.2, 0.25) is 15.9 Å². The van der Waals surface area contributed by atoms with Gasteiger partial charge in [-0.2, -0.15) is 0 Å². The van der Waals surface area contributed by atoms with Crippen LogP contribution in [0.4, 0.5) is 5.69 Å². The lowest BCUT2D eigenvalue weighted by atomic mass is 10.1. The van der Waals surface area contributed by atoms with Gasteiger partial charge in [-0.1, -0.05) is 54.7 Å². The van der Waals surface area contributed by atoms with Gasteiger partial charge in [0.1, 0.15) is 18.9 Å². The molecule has 0 aliphatic heterocycles. The van der Waals surface area contributed by atoms with Crippen molar-refractivity contribution in [1.29, 1.82) is 0 Å². The van der Waals surface area contributed by atoms with E-state index in [9.17, 15) is 13.2 Å². The predicted molar refractivity (Wildman–Crippen MR) is 118 cm³/mol. The van der Waals surface area contributed by atoms with Crippen molar-refractivity contribution in [2.24, 2.45) is 0 Å². The number of carbonyl (C=O) groups is 1. The minimum Gasteiger partial charge on any atom is -0.492 e. The van der Waals surface area contributed by atoms with Gasteiger partial charge in [-0.3, -0.25) is 9.10 Å². The summed E-state index contributed by atoms with van der Waals surface area (Å²) in [4.78, 5) is 12.2. The summed E-state index contributed by atoms with van der Waals surface area (Å²) in [6.07, 6.45) is 3.10. The topological polar surface area (TPSA) is 75.7 Å². The van der Waals surface area contributed by atoms with Crippen LogP contribution in [0, 0.1) is 0 Å². The maximum Gasteiger partial charge on any atom is 0.240 e. The number of benzene rings is 2. The molecule has 2 aromatic rings. The molecule has 0 spiro atoms. The molecule has 0 radical (unpaired) electrons. The fraction of sp³-hybridized carbons (Fsp3) is 0.350. The molecule has 6 nitrogen and oxygen atoms in total. The third-order valence-electron chi connectivity index (χ3n) is 4.04. The Morgan fingerprint density at radius 2 is 1.83 bits per heavy atom. The van der Waals surface area contributed by atoms with E-state index in [1.54, 1.807) is 12.1 Å². The Hall–Kier alpha value is -1.96. The third kappa shape index (κ3) is 7.10. The van der Waals surface area contributed by atoms with Gasteiger partial charge < -0.3 is 10.1 Å². The monoisotopic (exact) mass is 458 g/mol. The zero-order valence-electron chi connectivity index (χ0n) is 16.3. The second-order valence-corrected chi connectivity index (χ2v) is 9.13. The largest absolute Gasteiger partial charge is 0.492 e. The molecule has 2 rings (SSSR count). The number of sulfonamides is 1. The highest BCUT2D eigenvalue weighted by Crippen LogP contribution is 2.33. The minimum atomic E-state index is -3.74. The van der Waals surface area contributed by atoms with Crippen LogP contribution in [0.2, 0.25) is 10.0 Å². The molecule has 1 amide bonds. The number of ether oxygens (including phenoxy) is 1. The standard InChI is InChI=1S/C20H24Cl2N2O4S/c1-3-5-15-8-10-16(11-9-15)28-13-12-23-19(25)14-24(29(2,26)27)18-7-4-6-17(21)20(18)22/h4,6-11H,3,5,12-14H2,1-2H3,(H,23,25). The molecule has 0 aromatic heterocycles. The molecule has 29 heavy (non-hydrogen) atoms. The smallest absolute Gasteiger partial charge is 0.240 e. The number of nitrogens with one attached hydrogen (secondary N) is 1. The molecule has 0 aliphatic carbocycles. The fourth-order valence-electron chi connectivity index (χ4n) is 2.65. The van der Waals surface area contributed by atoms with Gasteiger partial charge in [-0.05, 0) is 36.2 Å². The first-order valence-electron chi connectivity index (χ1n) is 9.12. The van der Waals surface area contributed by atoms with E-state index < -0.39 is 22.5 Å². The highest BCUT2D eigenvalue weighted by atomic mass is 35.5. The van der Waals surface area contributed by atoms with Gasteiger partial charge in [0.15, 0.2) is 0 Å². The van der Waals surface area contributed by atoms with Gasteiger partial charge in [0, 0.05) is 0 Å². The van der Waals surface area contributed by atoms with E-state index in [0.29, 0.717) is 5.75 Å². The molecule has 0 atom stereocenters. The Labute approximate surface area is 181 Å². The summed E-state index contributed by atoms with van der Waals surface area (Å²) in [7, 11) is -3.74. The fourth-order valence-corrected chi connectivity index (χ4v) is 3.96. The average Bonchev–Trinajstić information content (AvgIpc) is 2.66. The highest BCUT2D eigenvalue weighted by Gasteiger charge is 2.23. The lowest BCUT2D eigenvalue weighted by molar-refractivity contribution is -0.119. The van der Waals surface area contributed by atoms with Crippen LogP contribution < -0.4 is 14.4 Å². The van der Waals surface area contributed by atoms with E-state index in [-0.39, 0.29) is 28.9 Å². The van der Waals surface area contributed by atoms with Crippen LogP contribution in [0.1, 0.15) is 18.9 Å². The second-order valence-electron chi connectivity index (χ2n) is 6.43. The van der Waals surface area contributed by atoms with Crippen LogP contribution in [0.15, 0.2) is 42.5 Å². The van der Waals surface area contributed by atoms with Gasteiger partial charge in [0.25, 0.3) is 0 Å². The number of rotatable bonds is 10.